The molecule has 1 aromatic heterocycles. The van der Waals surface area contributed by atoms with Gasteiger partial charge in [-0.15, -0.1) is 5.10 Å². The topological polar surface area (TPSA) is 90.1 Å². The first-order valence-electron chi connectivity index (χ1n) is 7.00. The highest BCUT2D eigenvalue weighted by Gasteiger charge is 2.14. The second-order valence-corrected chi connectivity index (χ2v) is 6.07. The molecule has 0 amide bonds. The van der Waals surface area contributed by atoms with Gasteiger partial charge in [0.1, 0.15) is 5.75 Å². The maximum absolute atomic E-state index is 11.4. The van der Waals surface area contributed by atoms with Crippen LogP contribution in [0.15, 0.2) is 29.4 Å². The highest BCUT2D eigenvalue weighted by atomic mass is 32.2. The fourth-order valence-electron chi connectivity index (χ4n) is 1.80. The van der Waals surface area contributed by atoms with Gasteiger partial charge in [-0.1, -0.05) is 18.7 Å². The predicted octanol–water partition coefficient (Wildman–Crippen LogP) is 2.19. The Bertz CT molecular complexity index is 615. The fourth-order valence-corrected chi connectivity index (χ4v) is 2.72. The number of phenols is 1. The maximum Gasteiger partial charge on any atom is 0.305 e. The number of ether oxygens (including phenoxy) is 1. The number of rotatable bonds is 7. The molecule has 0 aliphatic rings. The average Bonchev–Trinajstić information content (AvgIpc) is 2.94. The van der Waals surface area contributed by atoms with Crippen LogP contribution in [0.1, 0.15) is 26.7 Å². The molecule has 0 bridgehead atoms. The van der Waals surface area contributed by atoms with Crippen LogP contribution in [-0.4, -0.2) is 43.1 Å². The van der Waals surface area contributed by atoms with Crippen LogP contribution in [-0.2, 0) is 9.53 Å². The van der Waals surface area contributed by atoms with Gasteiger partial charge in [-0.2, -0.15) is 4.68 Å². The lowest BCUT2D eigenvalue weighted by Gasteiger charge is -2.10. The fraction of sp³-hybridized carbons (Fsp3) is 0.429. The molecule has 1 aromatic carbocycles. The molecule has 1 heterocycles. The van der Waals surface area contributed by atoms with Gasteiger partial charge in [-0.05, 0) is 48.0 Å². The zero-order valence-electron chi connectivity index (χ0n) is 12.5. The van der Waals surface area contributed by atoms with Crippen LogP contribution in [0, 0.1) is 0 Å². The highest BCUT2D eigenvalue weighted by Crippen LogP contribution is 2.26. The number of benzene rings is 1. The Morgan fingerprint density at radius 2 is 2.14 bits per heavy atom. The molecule has 0 saturated heterocycles. The Kier molecular flexibility index (Phi) is 5.76. The summed E-state index contributed by atoms with van der Waals surface area (Å²) in [5.41, 5.74) is 0.767. The number of phenolic OH excluding ortho intramolecular Hbond substituents is 1. The molecule has 118 valence electrons. The summed E-state index contributed by atoms with van der Waals surface area (Å²) in [6.07, 6.45) is 1.06. The molecular weight excluding hydrogens is 304 g/mol. The van der Waals surface area contributed by atoms with Crippen LogP contribution in [0.3, 0.4) is 0 Å². The van der Waals surface area contributed by atoms with Gasteiger partial charge in [-0.3, -0.25) is 4.79 Å². The van der Waals surface area contributed by atoms with Crippen molar-refractivity contribution in [1.29, 1.82) is 0 Å². The van der Waals surface area contributed by atoms with E-state index in [1.807, 2.05) is 6.92 Å². The van der Waals surface area contributed by atoms with Crippen LogP contribution >= 0.6 is 11.8 Å². The largest absolute Gasteiger partial charge is 0.508 e. The van der Waals surface area contributed by atoms with E-state index in [0.29, 0.717) is 24.6 Å². The lowest BCUT2D eigenvalue weighted by molar-refractivity contribution is -0.143. The summed E-state index contributed by atoms with van der Waals surface area (Å²) in [7, 11) is 0. The standard InChI is InChI=1S/C14H18N4O3S/c1-3-21-13(20)9-4-10(2)22-14-15-16-17-18(14)11-5-7-12(19)8-6-11/h5-8,10,19H,3-4,9H2,1-2H3. The summed E-state index contributed by atoms with van der Waals surface area (Å²) in [6, 6.07) is 6.63. The minimum atomic E-state index is -0.187. The Hall–Kier alpha value is -2.09. The zero-order chi connectivity index (χ0) is 15.9. The summed E-state index contributed by atoms with van der Waals surface area (Å²) in [4.78, 5) is 11.4. The number of nitrogens with zero attached hydrogens (tertiary/aromatic N) is 4. The summed E-state index contributed by atoms with van der Waals surface area (Å²) in [5.74, 6) is 0.00177. The second kappa shape index (κ2) is 7.79. The van der Waals surface area contributed by atoms with Gasteiger partial charge in [0.25, 0.3) is 0 Å². The van der Waals surface area contributed by atoms with Gasteiger partial charge in [0, 0.05) is 11.7 Å². The minimum absolute atomic E-state index is 0.172. The molecule has 0 saturated carbocycles. The van der Waals surface area contributed by atoms with Crippen LogP contribution in [0.4, 0.5) is 0 Å². The van der Waals surface area contributed by atoms with Crippen molar-refractivity contribution < 1.29 is 14.6 Å². The summed E-state index contributed by atoms with van der Waals surface area (Å²) < 4.78 is 6.52. The smallest absolute Gasteiger partial charge is 0.305 e. The van der Waals surface area contributed by atoms with Crippen molar-refractivity contribution in [1.82, 2.24) is 20.2 Å². The molecule has 1 unspecified atom stereocenters. The van der Waals surface area contributed by atoms with E-state index in [1.165, 1.54) is 11.8 Å². The lowest BCUT2D eigenvalue weighted by atomic mass is 10.2. The van der Waals surface area contributed by atoms with Crippen LogP contribution < -0.4 is 0 Å². The highest BCUT2D eigenvalue weighted by molar-refractivity contribution is 7.99. The number of hydrogen-bond acceptors (Lipinski definition) is 7. The third kappa shape index (κ3) is 4.45. The van der Waals surface area contributed by atoms with E-state index in [4.69, 9.17) is 4.74 Å². The predicted molar refractivity (Wildman–Crippen MR) is 82.0 cm³/mol. The molecule has 2 aromatic rings. The molecule has 1 N–H and O–H groups in total. The number of thioether (sulfide) groups is 1. The number of carbonyl (C=O) groups excluding carboxylic acids is 1. The Labute approximate surface area is 132 Å². The number of hydrogen-bond donors (Lipinski definition) is 1. The molecular formula is C14H18N4O3S. The molecule has 1 atom stereocenters. The summed E-state index contributed by atoms with van der Waals surface area (Å²) >= 11 is 1.49. The molecule has 7 nitrogen and oxygen atoms in total. The minimum Gasteiger partial charge on any atom is -0.508 e. The van der Waals surface area contributed by atoms with E-state index in [0.717, 1.165) is 5.69 Å². The number of tetrazole rings is 1. The maximum atomic E-state index is 11.4. The normalized spacial score (nSPS) is 12.1. The first kappa shape index (κ1) is 16.3. The molecule has 8 heteroatoms. The van der Waals surface area contributed by atoms with Crippen molar-refractivity contribution in [3.05, 3.63) is 24.3 Å². The van der Waals surface area contributed by atoms with Gasteiger partial charge in [-0.25, -0.2) is 0 Å². The zero-order valence-corrected chi connectivity index (χ0v) is 13.3. The van der Waals surface area contributed by atoms with Crippen LogP contribution in [0.2, 0.25) is 0 Å². The quantitative estimate of drug-likeness (QED) is 0.617. The Morgan fingerprint density at radius 1 is 1.41 bits per heavy atom. The number of carbonyl (C=O) groups is 1. The monoisotopic (exact) mass is 322 g/mol. The van der Waals surface area contributed by atoms with Crippen molar-refractivity contribution in [2.24, 2.45) is 0 Å². The van der Waals surface area contributed by atoms with Gasteiger partial charge >= 0.3 is 5.97 Å². The van der Waals surface area contributed by atoms with Crippen LogP contribution in [0.5, 0.6) is 5.75 Å². The van der Waals surface area contributed by atoms with Gasteiger partial charge < -0.3 is 9.84 Å². The van der Waals surface area contributed by atoms with E-state index < -0.39 is 0 Å². The van der Waals surface area contributed by atoms with Crippen LogP contribution in [0.25, 0.3) is 5.69 Å². The first-order chi connectivity index (χ1) is 10.6. The molecule has 0 spiro atoms. The van der Waals surface area contributed by atoms with Crippen molar-refractivity contribution in [3.8, 4) is 11.4 Å². The van der Waals surface area contributed by atoms with Crippen molar-refractivity contribution in [2.75, 3.05) is 6.61 Å². The number of aromatic hydroxyl groups is 1. The molecule has 0 fully saturated rings. The number of aromatic nitrogens is 4. The Morgan fingerprint density at radius 3 is 2.82 bits per heavy atom. The van der Waals surface area contributed by atoms with Gasteiger partial charge in [0.15, 0.2) is 0 Å². The third-order valence-electron chi connectivity index (χ3n) is 2.90. The van der Waals surface area contributed by atoms with E-state index in [-0.39, 0.29) is 17.0 Å². The van der Waals surface area contributed by atoms with Crippen molar-refractivity contribution >= 4 is 17.7 Å². The average molecular weight is 322 g/mol. The molecule has 2 rings (SSSR count). The van der Waals surface area contributed by atoms with Gasteiger partial charge in [0.05, 0.1) is 12.3 Å². The SMILES string of the molecule is CCOC(=O)CCC(C)Sc1nnnn1-c1ccc(O)cc1. The lowest BCUT2D eigenvalue weighted by Crippen LogP contribution is -2.08. The molecule has 0 aliphatic heterocycles. The first-order valence-corrected chi connectivity index (χ1v) is 7.88. The van der Waals surface area contributed by atoms with E-state index >= 15 is 0 Å². The van der Waals surface area contributed by atoms with Crippen molar-refractivity contribution in [2.45, 2.75) is 37.1 Å². The molecule has 0 aliphatic carbocycles. The Balaban J connectivity index is 1.97. The molecule has 22 heavy (non-hydrogen) atoms. The third-order valence-corrected chi connectivity index (χ3v) is 4.01. The van der Waals surface area contributed by atoms with E-state index in [9.17, 15) is 9.90 Å². The van der Waals surface area contributed by atoms with Crippen molar-refractivity contribution in [3.63, 3.8) is 0 Å². The van der Waals surface area contributed by atoms with E-state index in [2.05, 4.69) is 15.5 Å². The second-order valence-electron chi connectivity index (χ2n) is 4.66. The summed E-state index contributed by atoms with van der Waals surface area (Å²) in [6.45, 7) is 4.21. The number of esters is 1. The van der Waals surface area contributed by atoms with E-state index in [1.54, 1.807) is 35.9 Å². The van der Waals surface area contributed by atoms with Gasteiger partial charge in [0.2, 0.25) is 5.16 Å². The summed E-state index contributed by atoms with van der Waals surface area (Å²) in [5, 5.41) is 21.8. The molecule has 0 radical (unpaired) electrons.